The lowest BCUT2D eigenvalue weighted by Crippen LogP contribution is -2.28. The van der Waals surface area contributed by atoms with Crippen LogP contribution in [0.1, 0.15) is 18.5 Å². The molecule has 0 saturated carbocycles. The highest BCUT2D eigenvalue weighted by Crippen LogP contribution is 2.23. The number of rotatable bonds is 6. The number of aromatic amines is 1. The maximum Gasteiger partial charge on any atom is 0.230 e. The van der Waals surface area contributed by atoms with Crippen molar-refractivity contribution in [3.8, 4) is 11.4 Å². The Morgan fingerprint density at radius 1 is 1.20 bits per heavy atom. The van der Waals surface area contributed by atoms with E-state index in [1.54, 1.807) is 0 Å². The Hall–Kier alpha value is -2.31. The fourth-order valence-corrected chi connectivity index (χ4v) is 3.26. The van der Waals surface area contributed by atoms with Gasteiger partial charge in [-0.3, -0.25) is 9.89 Å². The Bertz CT molecular complexity index is 853. The van der Waals surface area contributed by atoms with E-state index >= 15 is 0 Å². The van der Waals surface area contributed by atoms with Crippen LogP contribution in [-0.2, 0) is 4.79 Å². The molecule has 5 nitrogen and oxygen atoms in total. The normalized spacial score (nSPS) is 11.9. The van der Waals surface area contributed by atoms with Gasteiger partial charge >= 0.3 is 0 Å². The van der Waals surface area contributed by atoms with Crippen molar-refractivity contribution in [3.63, 3.8) is 0 Å². The number of hydrogen-bond donors (Lipinski definition) is 2. The average molecular weight is 373 g/mol. The highest BCUT2D eigenvalue weighted by Gasteiger charge is 2.13. The molecule has 0 aliphatic carbocycles. The second-order valence-electron chi connectivity index (χ2n) is 5.43. The fourth-order valence-electron chi connectivity index (χ4n) is 2.35. The first-order valence-electron chi connectivity index (χ1n) is 7.78. The van der Waals surface area contributed by atoms with Gasteiger partial charge in [0.05, 0.1) is 11.8 Å². The number of thioether (sulfide) groups is 1. The van der Waals surface area contributed by atoms with E-state index in [0.29, 0.717) is 16.0 Å². The monoisotopic (exact) mass is 372 g/mol. The molecule has 0 aliphatic rings. The first-order chi connectivity index (χ1) is 12.1. The van der Waals surface area contributed by atoms with Gasteiger partial charge in [0, 0.05) is 10.6 Å². The van der Waals surface area contributed by atoms with Crippen LogP contribution in [0.3, 0.4) is 0 Å². The third-order valence-electron chi connectivity index (χ3n) is 3.59. The van der Waals surface area contributed by atoms with Crippen molar-refractivity contribution in [3.05, 3.63) is 65.2 Å². The highest BCUT2D eigenvalue weighted by molar-refractivity contribution is 7.99. The number of aromatic nitrogens is 3. The van der Waals surface area contributed by atoms with Crippen LogP contribution >= 0.6 is 23.4 Å². The van der Waals surface area contributed by atoms with Gasteiger partial charge in [0.1, 0.15) is 0 Å². The Morgan fingerprint density at radius 3 is 2.68 bits per heavy atom. The summed E-state index contributed by atoms with van der Waals surface area (Å²) in [5.41, 5.74) is 1.85. The fraction of sp³-hybridized carbons (Fsp3) is 0.167. The predicted octanol–water partition coefficient (Wildman–Crippen LogP) is 4.09. The van der Waals surface area contributed by atoms with E-state index in [9.17, 15) is 4.79 Å². The number of nitrogens with zero attached hydrogens (tertiary/aromatic N) is 2. The number of halogens is 1. The van der Waals surface area contributed by atoms with Crippen molar-refractivity contribution in [2.24, 2.45) is 0 Å². The molecule has 0 bridgehead atoms. The summed E-state index contributed by atoms with van der Waals surface area (Å²) in [6, 6.07) is 17.0. The molecule has 7 heteroatoms. The largest absolute Gasteiger partial charge is 0.349 e. The zero-order valence-electron chi connectivity index (χ0n) is 13.6. The summed E-state index contributed by atoms with van der Waals surface area (Å²) in [6.07, 6.45) is 0. The molecule has 128 valence electrons. The smallest absolute Gasteiger partial charge is 0.230 e. The molecule has 0 aliphatic heterocycles. The summed E-state index contributed by atoms with van der Waals surface area (Å²) >= 11 is 7.44. The van der Waals surface area contributed by atoms with Crippen molar-refractivity contribution in [1.82, 2.24) is 20.5 Å². The zero-order chi connectivity index (χ0) is 17.6. The first kappa shape index (κ1) is 17.5. The summed E-state index contributed by atoms with van der Waals surface area (Å²) in [4.78, 5) is 16.5. The van der Waals surface area contributed by atoms with E-state index in [-0.39, 0.29) is 17.7 Å². The summed E-state index contributed by atoms with van der Waals surface area (Å²) in [7, 11) is 0. The van der Waals surface area contributed by atoms with Gasteiger partial charge < -0.3 is 5.32 Å². The van der Waals surface area contributed by atoms with Crippen LogP contribution in [0.15, 0.2) is 59.8 Å². The van der Waals surface area contributed by atoms with E-state index in [4.69, 9.17) is 11.6 Å². The van der Waals surface area contributed by atoms with Crippen LogP contribution in [0.25, 0.3) is 11.4 Å². The molecule has 1 aromatic heterocycles. The highest BCUT2D eigenvalue weighted by atomic mass is 35.5. The summed E-state index contributed by atoms with van der Waals surface area (Å²) in [5.74, 6) is 0.831. The minimum atomic E-state index is -0.158. The van der Waals surface area contributed by atoms with Crippen molar-refractivity contribution in [2.45, 2.75) is 18.1 Å². The van der Waals surface area contributed by atoms with E-state index in [1.165, 1.54) is 11.8 Å². The SMILES string of the molecule is C[C@@H](NC(=O)CSc1n[nH]c(-c2ccccc2)n1)c1ccccc1Cl. The Balaban J connectivity index is 1.54. The van der Waals surface area contributed by atoms with Crippen molar-refractivity contribution >= 4 is 29.3 Å². The lowest BCUT2D eigenvalue weighted by Gasteiger charge is -2.15. The molecule has 3 aromatic rings. The number of benzene rings is 2. The Labute approximate surface area is 155 Å². The number of carbonyl (C=O) groups excluding carboxylic acids is 1. The molecule has 0 unspecified atom stereocenters. The molecule has 1 heterocycles. The quantitative estimate of drug-likeness (QED) is 0.639. The third kappa shape index (κ3) is 4.61. The summed E-state index contributed by atoms with van der Waals surface area (Å²) in [6.45, 7) is 1.91. The van der Waals surface area contributed by atoms with Gasteiger partial charge in [-0.15, -0.1) is 5.10 Å². The van der Waals surface area contributed by atoms with Gasteiger partial charge in [0.15, 0.2) is 5.82 Å². The number of nitrogens with one attached hydrogen (secondary N) is 2. The molecule has 25 heavy (non-hydrogen) atoms. The standard InChI is InChI=1S/C18H17ClN4OS/c1-12(14-9-5-6-10-15(14)19)20-16(24)11-25-18-21-17(22-23-18)13-7-3-2-4-8-13/h2-10,12H,11H2,1H3,(H,20,24)(H,21,22,23)/t12-/m1/s1. The van der Waals surface area contributed by atoms with E-state index < -0.39 is 0 Å². The molecule has 0 radical (unpaired) electrons. The maximum absolute atomic E-state index is 12.1. The predicted molar refractivity (Wildman–Crippen MR) is 101 cm³/mol. The number of hydrogen-bond acceptors (Lipinski definition) is 4. The summed E-state index contributed by atoms with van der Waals surface area (Å²) < 4.78 is 0. The maximum atomic E-state index is 12.1. The second kappa shape index (κ2) is 8.18. The lowest BCUT2D eigenvalue weighted by molar-refractivity contribution is -0.119. The van der Waals surface area contributed by atoms with Gasteiger partial charge in [-0.25, -0.2) is 4.98 Å². The van der Waals surface area contributed by atoms with Crippen LogP contribution < -0.4 is 5.32 Å². The van der Waals surface area contributed by atoms with Crippen LogP contribution in [0.5, 0.6) is 0 Å². The van der Waals surface area contributed by atoms with Gasteiger partial charge in [-0.05, 0) is 18.6 Å². The molecule has 2 aromatic carbocycles. The molecule has 3 rings (SSSR count). The van der Waals surface area contributed by atoms with Gasteiger partial charge in [0.25, 0.3) is 0 Å². The van der Waals surface area contributed by atoms with Crippen LogP contribution in [0, 0.1) is 0 Å². The average Bonchev–Trinajstić information content (AvgIpc) is 3.10. The Kier molecular flexibility index (Phi) is 5.73. The zero-order valence-corrected chi connectivity index (χ0v) is 15.1. The minimum absolute atomic E-state index is 0.0940. The minimum Gasteiger partial charge on any atom is -0.349 e. The van der Waals surface area contributed by atoms with Crippen LogP contribution in [0.4, 0.5) is 0 Å². The molecule has 0 fully saturated rings. The van der Waals surface area contributed by atoms with Crippen LogP contribution in [-0.4, -0.2) is 26.8 Å². The van der Waals surface area contributed by atoms with E-state index in [1.807, 2.05) is 61.5 Å². The first-order valence-corrected chi connectivity index (χ1v) is 9.14. The van der Waals surface area contributed by atoms with Gasteiger partial charge in [-0.1, -0.05) is 71.9 Å². The molecule has 0 saturated heterocycles. The Morgan fingerprint density at radius 2 is 1.92 bits per heavy atom. The molecular formula is C18H17ClN4OS. The number of H-pyrrole nitrogens is 1. The van der Waals surface area contributed by atoms with Crippen molar-refractivity contribution < 1.29 is 4.79 Å². The van der Waals surface area contributed by atoms with Crippen molar-refractivity contribution in [2.75, 3.05) is 5.75 Å². The topological polar surface area (TPSA) is 70.7 Å². The van der Waals surface area contributed by atoms with Crippen LogP contribution in [0.2, 0.25) is 5.02 Å². The molecule has 1 atom stereocenters. The number of carbonyl (C=O) groups is 1. The molecule has 1 amide bonds. The molecule has 2 N–H and O–H groups in total. The van der Waals surface area contributed by atoms with E-state index in [2.05, 4.69) is 20.5 Å². The molecular weight excluding hydrogens is 356 g/mol. The van der Waals surface area contributed by atoms with Gasteiger partial charge in [0.2, 0.25) is 11.1 Å². The second-order valence-corrected chi connectivity index (χ2v) is 6.78. The molecule has 0 spiro atoms. The summed E-state index contributed by atoms with van der Waals surface area (Å²) in [5, 5.41) is 11.2. The third-order valence-corrected chi connectivity index (χ3v) is 4.79. The lowest BCUT2D eigenvalue weighted by atomic mass is 10.1. The van der Waals surface area contributed by atoms with E-state index in [0.717, 1.165) is 11.1 Å². The van der Waals surface area contributed by atoms with Gasteiger partial charge in [-0.2, -0.15) is 0 Å². The van der Waals surface area contributed by atoms with Crippen molar-refractivity contribution in [1.29, 1.82) is 0 Å². The number of amides is 1.